The Morgan fingerprint density at radius 2 is 1.50 bits per heavy atom. The monoisotopic (exact) mass is 378 g/mol. The third-order valence-corrected chi connectivity index (χ3v) is 4.21. The van der Waals surface area contributed by atoms with Crippen LogP contribution in [0.5, 0.6) is 0 Å². The number of carbonyl (C=O) groups is 1. The quantitative estimate of drug-likeness (QED) is 0.483. The van der Waals surface area contributed by atoms with Gasteiger partial charge in [0.1, 0.15) is 17.7 Å². The van der Waals surface area contributed by atoms with Gasteiger partial charge in [0, 0.05) is 6.07 Å². The molecule has 1 atom stereocenters. The Hall–Kier alpha value is -3.27. The van der Waals surface area contributed by atoms with Gasteiger partial charge in [-0.25, -0.2) is 13.6 Å². The van der Waals surface area contributed by atoms with E-state index in [9.17, 15) is 13.6 Å². The van der Waals surface area contributed by atoms with Gasteiger partial charge in [-0.05, 0) is 54.3 Å². The Kier molecular flexibility index (Phi) is 6.68. The molecule has 0 saturated carbocycles. The molecule has 142 valence electrons. The number of aryl methyl sites for hydroxylation is 1. The fourth-order valence-corrected chi connectivity index (χ4v) is 2.82. The first-order valence-electron chi connectivity index (χ1n) is 9.04. The maximum Gasteiger partial charge on any atom is 0.338 e. The number of rotatable bonds is 7. The van der Waals surface area contributed by atoms with Crippen molar-refractivity contribution in [3.63, 3.8) is 0 Å². The largest absolute Gasteiger partial charge is 0.455 e. The highest BCUT2D eigenvalue weighted by Crippen LogP contribution is 2.15. The molecular formula is C24H20F2O2. The molecule has 0 N–H and O–H groups in total. The molecular weight excluding hydrogens is 358 g/mol. The van der Waals surface area contributed by atoms with Crippen LogP contribution in [-0.2, 0) is 11.2 Å². The Balaban J connectivity index is 1.73. The molecule has 28 heavy (non-hydrogen) atoms. The SMILES string of the molecule is O=C(O[C@@H](/C=C/c1ccccc1)CCc1cc(F)cc(F)c1)c1ccccc1. The van der Waals surface area contributed by atoms with Crippen LogP contribution in [0, 0.1) is 11.6 Å². The second-order valence-corrected chi connectivity index (χ2v) is 6.40. The molecule has 2 nitrogen and oxygen atoms in total. The second kappa shape index (κ2) is 9.60. The first kappa shape index (κ1) is 19.5. The number of benzene rings is 3. The number of esters is 1. The van der Waals surface area contributed by atoms with E-state index in [0.717, 1.165) is 11.6 Å². The van der Waals surface area contributed by atoms with Crippen LogP contribution >= 0.6 is 0 Å². The van der Waals surface area contributed by atoms with Gasteiger partial charge < -0.3 is 4.74 Å². The van der Waals surface area contributed by atoms with Crippen molar-refractivity contribution in [2.45, 2.75) is 18.9 Å². The Labute approximate surface area is 163 Å². The molecule has 0 saturated heterocycles. The summed E-state index contributed by atoms with van der Waals surface area (Å²) in [5, 5.41) is 0. The van der Waals surface area contributed by atoms with E-state index < -0.39 is 23.7 Å². The van der Waals surface area contributed by atoms with Crippen LogP contribution in [0.4, 0.5) is 8.78 Å². The van der Waals surface area contributed by atoms with Crippen LogP contribution in [-0.4, -0.2) is 12.1 Å². The van der Waals surface area contributed by atoms with E-state index in [1.165, 1.54) is 12.1 Å². The molecule has 0 aliphatic rings. The minimum absolute atomic E-state index is 0.376. The van der Waals surface area contributed by atoms with Gasteiger partial charge in [-0.1, -0.05) is 54.6 Å². The van der Waals surface area contributed by atoms with Crippen molar-refractivity contribution in [1.29, 1.82) is 0 Å². The van der Waals surface area contributed by atoms with Gasteiger partial charge in [-0.15, -0.1) is 0 Å². The Bertz CT molecular complexity index is 917. The zero-order valence-corrected chi connectivity index (χ0v) is 15.2. The molecule has 3 rings (SSSR count). The maximum atomic E-state index is 13.4. The third-order valence-electron chi connectivity index (χ3n) is 4.21. The topological polar surface area (TPSA) is 26.3 Å². The molecule has 3 aromatic rings. The summed E-state index contributed by atoms with van der Waals surface area (Å²) < 4.78 is 32.5. The lowest BCUT2D eigenvalue weighted by molar-refractivity contribution is 0.0382. The standard InChI is InChI=1S/C24H20F2O2/c25-21-15-19(16-22(26)17-21)12-14-23(13-11-18-7-3-1-4-8-18)28-24(27)20-9-5-2-6-10-20/h1-11,13,15-17,23H,12,14H2/b13-11+/t23-/m0/s1. The molecule has 0 heterocycles. The summed E-state index contributed by atoms with van der Waals surface area (Å²) in [5.74, 6) is -1.67. The molecule has 0 spiro atoms. The molecule has 0 radical (unpaired) electrons. The molecule has 0 unspecified atom stereocenters. The second-order valence-electron chi connectivity index (χ2n) is 6.40. The van der Waals surface area contributed by atoms with E-state index in [1.807, 2.05) is 42.5 Å². The molecule has 0 amide bonds. The highest BCUT2D eigenvalue weighted by Gasteiger charge is 2.14. The molecule has 0 aliphatic heterocycles. The average Bonchev–Trinajstić information content (AvgIpc) is 2.70. The lowest BCUT2D eigenvalue weighted by atomic mass is 10.0. The van der Waals surface area contributed by atoms with Gasteiger partial charge >= 0.3 is 5.97 Å². The lowest BCUT2D eigenvalue weighted by Gasteiger charge is -2.15. The number of halogens is 2. The predicted octanol–water partition coefficient (Wildman–Crippen LogP) is 5.84. The van der Waals surface area contributed by atoms with Gasteiger partial charge in [0.25, 0.3) is 0 Å². The summed E-state index contributed by atoms with van der Waals surface area (Å²) in [6, 6.07) is 21.8. The fourth-order valence-electron chi connectivity index (χ4n) is 2.82. The van der Waals surface area contributed by atoms with Gasteiger partial charge in [0.05, 0.1) is 5.56 Å². The van der Waals surface area contributed by atoms with E-state index in [-0.39, 0.29) is 0 Å². The first-order valence-corrected chi connectivity index (χ1v) is 9.04. The summed E-state index contributed by atoms with van der Waals surface area (Å²) in [5.41, 5.74) is 1.95. The summed E-state index contributed by atoms with van der Waals surface area (Å²) in [7, 11) is 0. The first-order chi connectivity index (χ1) is 13.6. The third kappa shape index (κ3) is 5.88. The van der Waals surface area contributed by atoms with Gasteiger partial charge in [-0.3, -0.25) is 0 Å². The highest BCUT2D eigenvalue weighted by atomic mass is 19.1. The predicted molar refractivity (Wildman–Crippen MR) is 106 cm³/mol. The average molecular weight is 378 g/mol. The Morgan fingerprint density at radius 3 is 2.14 bits per heavy atom. The molecule has 0 aliphatic carbocycles. The molecule has 4 heteroatoms. The normalized spacial score (nSPS) is 12.1. The van der Waals surface area contributed by atoms with Crippen LogP contribution in [0.15, 0.2) is 84.9 Å². The summed E-state index contributed by atoms with van der Waals surface area (Å²) >= 11 is 0. The summed E-state index contributed by atoms with van der Waals surface area (Å²) in [6.07, 6.45) is 3.92. The van der Waals surface area contributed by atoms with Crippen molar-refractivity contribution in [3.05, 3.63) is 113 Å². The van der Waals surface area contributed by atoms with E-state index in [1.54, 1.807) is 30.3 Å². The molecule has 0 bridgehead atoms. The van der Waals surface area contributed by atoms with Gasteiger partial charge in [-0.2, -0.15) is 0 Å². The van der Waals surface area contributed by atoms with Gasteiger partial charge in [0.15, 0.2) is 0 Å². The van der Waals surface area contributed by atoms with Crippen molar-refractivity contribution in [3.8, 4) is 0 Å². The van der Waals surface area contributed by atoms with E-state index in [4.69, 9.17) is 4.74 Å². The maximum absolute atomic E-state index is 13.4. The van der Waals surface area contributed by atoms with Crippen LogP contribution in [0.1, 0.15) is 27.9 Å². The van der Waals surface area contributed by atoms with E-state index in [2.05, 4.69) is 0 Å². The van der Waals surface area contributed by atoms with Crippen molar-refractivity contribution >= 4 is 12.0 Å². The zero-order chi connectivity index (χ0) is 19.8. The van der Waals surface area contributed by atoms with E-state index >= 15 is 0 Å². The van der Waals surface area contributed by atoms with Crippen molar-refractivity contribution in [1.82, 2.24) is 0 Å². The minimum atomic E-state index is -0.618. The van der Waals surface area contributed by atoms with E-state index in [0.29, 0.717) is 24.0 Å². The number of hydrogen-bond donors (Lipinski definition) is 0. The molecule has 0 aromatic heterocycles. The zero-order valence-electron chi connectivity index (χ0n) is 15.2. The van der Waals surface area contributed by atoms with Crippen molar-refractivity contribution < 1.29 is 18.3 Å². The minimum Gasteiger partial charge on any atom is -0.455 e. The number of carbonyl (C=O) groups excluding carboxylic acids is 1. The summed E-state index contributed by atoms with van der Waals surface area (Å²) in [6.45, 7) is 0. The number of hydrogen-bond acceptors (Lipinski definition) is 2. The Morgan fingerprint density at radius 1 is 0.893 bits per heavy atom. The fraction of sp³-hybridized carbons (Fsp3) is 0.125. The smallest absolute Gasteiger partial charge is 0.338 e. The lowest BCUT2D eigenvalue weighted by Crippen LogP contribution is -2.17. The number of ether oxygens (including phenoxy) is 1. The van der Waals surface area contributed by atoms with Crippen molar-refractivity contribution in [2.24, 2.45) is 0 Å². The highest BCUT2D eigenvalue weighted by molar-refractivity contribution is 5.89. The summed E-state index contributed by atoms with van der Waals surface area (Å²) in [4.78, 5) is 12.4. The van der Waals surface area contributed by atoms with Crippen LogP contribution in [0.3, 0.4) is 0 Å². The van der Waals surface area contributed by atoms with Crippen LogP contribution in [0.25, 0.3) is 6.08 Å². The van der Waals surface area contributed by atoms with Crippen LogP contribution in [0.2, 0.25) is 0 Å². The van der Waals surface area contributed by atoms with Crippen molar-refractivity contribution in [2.75, 3.05) is 0 Å². The van der Waals surface area contributed by atoms with Crippen LogP contribution < -0.4 is 0 Å². The van der Waals surface area contributed by atoms with Gasteiger partial charge in [0.2, 0.25) is 0 Å². The molecule has 3 aromatic carbocycles. The molecule has 0 fully saturated rings.